The second kappa shape index (κ2) is 12.9. The van der Waals surface area contributed by atoms with Crippen molar-refractivity contribution < 1.29 is 9.53 Å². The quantitative estimate of drug-likeness (QED) is 0.326. The molecule has 0 spiro atoms. The molecule has 0 radical (unpaired) electrons. The molecular formula is C30H37N5O2. The Labute approximate surface area is 219 Å². The fourth-order valence-corrected chi connectivity index (χ4v) is 4.78. The van der Waals surface area contributed by atoms with Gasteiger partial charge in [0.1, 0.15) is 5.76 Å². The molecule has 194 valence electrons. The monoisotopic (exact) mass is 499 g/mol. The maximum absolute atomic E-state index is 12.8. The molecule has 7 heteroatoms. The molecular weight excluding hydrogens is 462 g/mol. The molecule has 0 saturated carbocycles. The zero-order valence-electron chi connectivity index (χ0n) is 21.7. The van der Waals surface area contributed by atoms with E-state index in [-0.39, 0.29) is 11.9 Å². The van der Waals surface area contributed by atoms with Gasteiger partial charge < -0.3 is 31.0 Å². The molecule has 1 amide bonds. The fraction of sp³-hybridized carbons (Fsp3) is 0.333. The van der Waals surface area contributed by atoms with Gasteiger partial charge in [0, 0.05) is 66.6 Å². The van der Waals surface area contributed by atoms with E-state index >= 15 is 0 Å². The van der Waals surface area contributed by atoms with Crippen LogP contribution in [0.25, 0.3) is 0 Å². The summed E-state index contributed by atoms with van der Waals surface area (Å²) in [7, 11) is 1.62. The topological polar surface area (TPSA) is 89.5 Å². The molecule has 37 heavy (non-hydrogen) atoms. The number of hydrogen-bond donors (Lipinski definition) is 4. The van der Waals surface area contributed by atoms with E-state index in [0.717, 1.165) is 67.2 Å². The first-order valence-corrected chi connectivity index (χ1v) is 13.0. The van der Waals surface area contributed by atoms with E-state index < -0.39 is 0 Å². The molecule has 2 aromatic carbocycles. The SMILES string of the molecule is COC1=C(C(=O)Nc2cccc(N3CCC(NC(C)/C(C=N)=C/Nc4ccccc4)CC3)c2)C=CCC1. The van der Waals surface area contributed by atoms with E-state index in [9.17, 15) is 4.79 Å². The summed E-state index contributed by atoms with van der Waals surface area (Å²) in [6.07, 6.45) is 10.8. The lowest BCUT2D eigenvalue weighted by Gasteiger charge is -2.35. The minimum Gasteiger partial charge on any atom is -0.500 e. The van der Waals surface area contributed by atoms with Crippen molar-refractivity contribution in [1.29, 1.82) is 5.41 Å². The van der Waals surface area contributed by atoms with Crippen LogP contribution < -0.4 is 20.9 Å². The van der Waals surface area contributed by atoms with Crippen molar-refractivity contribution in [2.24, 2.45) is 0 Å². The molecule has 1 heterocycles. The lowest BCUT2D eigenvalue weighted by molar-refractivity contribution is -0.112. The van der Waals surface area contributed by atoms with Crippen LogP contribution in [0.2, 0.25) is 0 Å². The second-order valence-electron chi connectivity index (χ2n) is 9.44. The molecule has 4 rings (SSSR count). The average Bonchev–Trinajstić information content (AvgIpc) is 2.94. The van der Waals surface area contributed by atoms with Gasteiger partial charge in [0.2, 0.25) is 0 Å². The zero-order chi connectivity index (χ0) is 26.0. The Kier molecular flexibility index (Phi) is 9.16. The summed E-state index contributed by atoms with van der Waals surface area (Å²) in [6.45, 7) is 3.96. The second-order valence-corrected chi connectivity index (χ2v) is 9.44. The first kappa shape index (κ1) is 26.2. The number of para-hydroxylation sites is 1. The number of rotatable bonds is 10. The minimum absolute atomic E-state index is 0.0731. The first-order chi connectivity index (χ1) is 18.1. The van der Waals surface area contributed by atoms with Crippen molar-refractivity contribution in [3.63, 3.8) is 0 Å². The predicted octanol–water partition coefficient (Wildman–Crippen LogP) is 5.47. The van der Waals surface area contributed by atoms with Crippen molar-refractivity contribution in [3.05, 3.63) is 89.9 Å². The van der Waals surface area contributed by atoms with Crippen LogP contribution in [0, 0.1) is 5.41 Å². The molecule has 1 aliphatic carbocycles. The van der Waals surface area contributed by atoms with Gasteiger partial charge in [-0.25, -0.2) is 0 Å². The van der Waals surface area contributed by atoms with Gasteiger partial charge in [0.15, 0.2) is 0 Å². The fourth-order valence-electron chi connectivity index (χ4n) is 4.78. The average molecular weight is 500 g/mol. The maximum Gasteiger partial charge on any atom is 0.259 e. The number of amides is 1. The van der Waals surface area contributed by atoms with Gasteiger partial charge in [-0.15, -0.1) is 0 Å². The van der Waals surface area contributed by atoms with E-state index in [1.165, 1.54) is 6.21 Å². The number of allylic oxidation sites excluding steroid dienone is 2. The lowest BCUT2D eigenvalue weighted by atomic mass is 10.0. The minimum atomic E-state index is -0.140. The molecule has 1 unspecified atom stereocenters. The van der Waals surface area contributed by atoms with Gasteiger partial charge in [-0.2, -0.15) is 0 Å². The Bertz CT molecular complexity index is 1160. The van der Waals surface area contributed by atoms with Crippen LogP contribution in [0.4, 0.5) is 17.1 Å². The normalized spacial score (nSPS) is 17.4. The van der Waals surface area contributed by atoms with Gasteiger partial charge in [-0.1, -0.05) is 36.4 Å². The third kappa shape index (κ3) is 7.11. The number of nitrogens with one attached hydrogen (secondary N) is 4. The van der Waals surface area contributed by atoms with Crippen LogP contribution >= 0.6 is 0 Å². The largest absolute Gasteiger partial charge is 0.500 e. The van der Waals surface area contributed by atoms with Crippen LogP contribution in [0.3, 0.4) is 0 Å². The Morgan fingerprint density at radius 3 is 2.59 bits per heavy atom. The van der Waals surface area contributed by atoms with E-state index in [1.807, 2.05) is 66.9 Å². The van der Waals surface area contributed by atoms with E-state index in [2.05, 4.69) is 33.8 Å². The molecule has 1 saturated heterocycles. The molecule has 2 aromatic rings. The lowest BCUT2D eigenvalue weighted by Crippen LogP contribution is -2.46. The van der Waals surface area contributed by atoms with Crippen molar-refractivity contribution >= 4 is 29.2 Å². The highest BCUT2D eigenvalue weighted by Gasteiger charge is 2.22. The Hall–Kier alpha value is -3.84. The Morgan fingerprint density at radius 1 is 1.11 bits per heavy atom. The van der Waals surface area contributed by atoms with Crippen LogP contribution in [0.15, 0.2) is 89.9 Å². The number of nitrogens with zero attached hydrogens (tertiary/aromatic N) is 1. The van der Waals surface area contributed by atoms with Crippen molar-refractivity contribution in [3.8, 4) is 0 Å². The Balaban J connectivity index is 1.30. The summed E-state index contributed by atoms with van der Waals surface area (Å²) in [4.78, 5) is 15.2. The number of carbonyl (C=O) groups is 1. The van der Waals surface area contributed by atoms with Crippen LogP contribution in [0.5, 0.6) is 0 Å². The molecule has 1 fully saturated rings. The highest BCUT2D eigenvalue weighted by molar-refractivity contribution is 6.06. The van der Waals surface area contributed by atoms with Gasteiger partial charge in [-0.05, 0) is 56.5 Å². The zero-order valence-corrected chi connectivity index (χ0v) is 21.7. The summed E-state index contributed by atoms with van der Waals surface area (Å²) >= 11 is 0. The van der Waals surface area contributed by atoms with Crippen LogP contribution in [-0.2, 0) is 9.53 Å². The van der Waals surface area contributed by atoms with E-state index in [4.69, 9.17) is 10.1 Å². The number of carbonyl (C=O) groups excluding carboxylic acids is 1. The smallest absolute Gasteiger partial charge is 0.259 e. The predicted molar refractivity (Wildman–Crippen MR) is 152 cm³/mol. The van der Waals surface area contributed by atoms with E-state index in [0.29, 0.717) is 11.6 Å². The van der Waals surface area contributed by atoms with Crippen LogP contribution in [-0.4, -0.2) is 44.4 Å². The highest BCUT2D eigenvalue weighted by atomic mass is 16.5. The molecule has 1 aliphatic heterocycles. The number of ether oxygens (including phenoxy) is 1. The van der Waals surface area contributed by atoms with E-state index in [1.54, 1.807) is 7.11 Å². The number of anilines is 3. The molecule has 2 aliphatic rings. The number of methoxy groups -OCH3 is 1. The number of hydrogen-bond acceptors (Lipinski definition) is 6. The molecule has 1 atom stereocenters. The summed E-state index contributed by atoms with van der Waals surface area (Å²) < 4.78 is 5.41. The summed E-state index contributed by atoms with van der Waals surface area (Å²) in [5.74, 6) is 0.593. The van der Waals surface area contributed by atoms with Gasteiger partial charge in [-0.3, -0.25) is 4.79 Å². The molecule has 0 aromatic heterocycles. The van der Waals surface area contributed by atoms with Crippen molar-refractivity contribution in [2.45, 2.75) is 44.7 Å². The highest BCUT2D eigenvalue weighted by Crippen LogP contribution is 2.25. The summed E-state index contributed by atoms with van der Waals surface area (Å²) in [5, 5.41) is 17.9. The number of piperidine rings is 1. The van der Waals surface area contributed by atoms with Crippen molar-refractivity contribution in [2.75, 3.05) is 35.7 Å². The van der Waals surface area contributed by atoms with Gasteiger partial charge >= 0.3 is 0 Å². The van der Waals surface area contributed by atoms with Crippen molar-refractivity contribution in [1.82, 2.24) is 5.32 Å². The third-order valence-corrected chi connectivity index (χ3v) is 6.91. The Morgan fingerprint density at radius 2 is 1.86 bits per heavy atom. The maximum atomic E-state index is 12.8. The van der Waals surface area contributed by atoms with Gasteiger partial charge in [0.25, 0.3) is 5.91 Å². The summed E-state index contributed by atoms with van der Waals surface area (Å²) in [5.41, 5.74) is 4.40. The third-order valence-electron chi connectivity index (χ3n) is 6.91. The summed E-state index contributed by atoms with van der Waals surface area (Å²) in [6, 6.07) is 18.5. The number of benzene rings is 2. The van der Waals surface area contributed by atoms with Crippen LogP contribution in [0.1, 0.15) is 32.6 Å². The van der Waals surface area contributed by atoms with Gasteiger partial charge in [0.05, 0.1) is 12.7 Å². The molecule has 0 bridgehead atoms. The molecule has 4 N–H and O–H groups in total. The standard InChI is InChI=1S/C30H37N5O2/c1-22(23(20-31)21-32-24-9-4-3-5-10-24)33-25-15-17-35(18-16-25)27-12-8-11-26(19-27)34-30(36)28-13-6-7-14-29(28)37-2/h3-6,8-13,19-22,25,31-33H,7,14-18H2,1-2H3,(H,34,36)/b23-21+,31-20?. The molecule has 7 nitrogen and oxygen atoms in total. The first-order valence-electron chi connectivity index (χ1n) is 13.0.